The highest BCUT2D eigenvalue weighted by Gasteiger charge is 2.24. The molecule has 1 aliphatic carbocycles. The van der Waals surface area contributed by atoms with Crippen molar-refractivity contribution in [1.29, 1.82) is 0 Å². The lowest BCUT2D eigenvalue weighted by molar-refractivity contribution is 0.417. The highest BCUT2D eigenvalue weighted by molar-refractivity contribution is 5.81. The van der Waals surface area contributed by atoms with E-state index in [1.807, 2.05) is 18.2 Å². The number of fused-ring (bicyclic) bond motifs is 1. The monoisotopic (exact) mass is 452 g/mol. The number of hydrogen-bond donors (Lipinski definition) is 2. The van der Waals surface area contributed by atoms with Crippen LogP contribution in [0.25, 0.3) is 33.5 Å². The Labute approximate surface area is 195 Å². The predicted octanol–water partition coefficient (Wildman–Crippen LogP) is 4.48. The zero-order valence-corrected chi connectivity index (χ0v) is 18.6. The summed E-state index contributed by atoms with van der Waals surface area (Å²) in [5.41, 5.74) is 5.55. The average molecular weight is 453 g/mol. The van der Waals surface area contributed by atoms with E-state index in [4.69, 9.17) is 4.98 Å². The summed E-state index contributed by atoms with van der Waals surface area (Å²) in [5, 5.41) is 32.6. The van der Waals surface area contributed by atoms with Gasteiger partial charge in [-0.05, 0) is 40.0 Å². The summed E-state index contributed by atoms with van der Waals surface area (Å²) in [6.45, 7) is 0.607. The molecule has 3 aromatic heterocycles. The van der Waals surface area contributed by atoms with Crippen LogP contribution in [-0.2, 0) is 6.54 Å². The first-order chi connectivity index (χ1) is 16.8. The molecule has 0 radical (unpaired) electrons. The van der Waals surface area contributed by atoms with Crippen molar-refractivity contribution in [1.82, 2.24) is 40.4 Å². The quantitative estimate of drug-likeness (QED) is 0.404. The van der Waals surface area contributed by atoms with Gasteiger partial charge in [0.25, 0.3) is 5.88 Å². The number of benzene rings is 2. The summed E-state index contributed by atoms with van der Waals surface area (Å²) < 4.78 is 2.12. The van der Waals surface area contributed by atoms with Crippen LogP contribution in [0.5, 0.6) is 5.88 Å². The van der Waals surface area contributed by atoms with Gasteiger partial charge in [0.05, 0.1) is 6.20 Å². The van der Waals surface area contributed by atoms with Crippen molar-refractivity contribution < 1.29 is 5.11 Å². The molecule has 1 saturated carbocycles. The summed E-state index contributed by atoms with van der Waals surface area (Å²) in [7, 11) is 0. The number of nitrogens with one attached hydrogen (secondary N) is 1. The van der Waals surface area contributed by atoms with Crippen LogP contribution in [0.4, 0.5) is 0 Å². The van der Waals surface area contributed by atoms with E-state index >= 15 is 0 Å². The molecule has 5 aromatic rings. The number of imidazole rings is 1. The third-order valence-corrected chi connectivity index (χ3v) is 6.67. The number of aromatic nitrogens is 8. The Kier molecular flexibility index (Phi) is 5.21. The lowest BCUT2D eigenvalue weighted by atomic mass is 9.88. The Hall–Kier alpha value is -4.14. The standard InChI is InChI=1S/C25H24N8O/c34-25-22-21(14-26-30-25)27-24(18-6-2-1-3-7-18)33(22)15-16-10-12-17(13-11-16)19-8-4-5-9-20(19)23-28-31-32-29-23/h4-5,8-14,18H,1-3,6-7,15H2,(H,30,34)(H,28,29,31,32). The van der Waals surface area contributed by atoms with Gasteiger partial charge in [0.2, 0.25) is 0 Å². The second kappa shape index (κ2) is 8.66. The van der Waals surface area contributed by atoms with Gasteiger partial charge >= 0.3 is 0 Å². The first-order valence-corrected chi connectivity index (χ1v) is 11.6. The van der Waals surface area contributed by atoms with Gasteiger partial charge in [-0.2, -0.15) is 5.10 Å². The van der Waals surface area contributed by atoms with Gasteiger partial charge < -0.3 is 9.67 Å². The van der Waals surface area contributed by atoms with Gasteiger partial charge in [0, 0.05) is 18.0 Å². The molecule has 34 heavy (non-hydrogen) atoms. The van der Waals surface area contributed by atoms with Crippen LogP contribution in [0.15, 0.2) is 54.7 Å². The van der Waals surface area contributed by atoms with E-state index in [0.717, 1.165) is 40.9 Å². The molecule has 0 bridgehead atoms. The maximum absolute atomic E-state index is 10.5. The minimum Gasteiger partial charge on any atom is -0.491 e. The smallest absolute Gasteiger partial charge is 0.257 e. The fourth-order valence-corrected chi connectivity index (χ4v) is 5.02. The normalized spacial score (nSPS) is 14.6. The third-order valence-electron chi connectivity index (χ3n) is 6.67. The number of nitrogens with zero attached hydrogens (tertiary/aromatic N) is 7. The first-order valence-electron chi connectivity index (χ1n) is 11.6. The van der Waals surface area contributed by atoms with Crippen molar-refractivity contribution in [2.45, 2.75) is 44.6 Å². The molecule has 0 atom stereocenters. The maximum atomic E-state index is 10.5. The topological polar surface area (TPSA) is 118 Å². The fourth-order valence-electron chi connectivity index (χ4n) is 5.02. The lowest BCUT2D eigenvalue weighted by Gasteiger charge is -2.22. The number of H-pyrrole nitrogens is 1. The third kappa shape index (κ3) is 3.68. The Morgan fingerprint density at radius 3 is 2.50 bits per heavy atom. The Balaban J connectivity index is 1.36. The molecule has 6 rings (SSSR count). The van der Waals surface area contributed by atoms with Gasteiger partial charge in [0.15, 0.2) is 5.82 Å². The van der Waals surface area contributed by atoms with Crippen LogP contribution in [-0.4, -0.2) is 45.5 Å². The Morgan fingerprint density at radius 2 is 1.74 bits per heavy atom. The molecule has 1 fully saturated rings. The molecule has 9 heteroatoms. The second-order valence-corrected chi connectivity index (χ2v) is 8.79. The minimum absolute atomic E-state index is 0.0710. The summed E-state index contributed by atoms with van der Waals surface area (Å²) >= 11 is 0. The van der Waals surface area contributed by atoms with Gasteiger partial charge in [-0.1, -0.05) is 67.8 Å². The Morgan fingerprint density at radius 1 is 0.941 bits per heavy atom. The molecule has 0 aliphatic heterocycles. The molecule has 170 valence electrons. The molecular weight excluding hydrogens is 428 g/mol. The van der Waals surface area contributed by atoms with E-state index in [9.17, 15) is 5.11 Å². The van der Waals surface area contributed by atoms with Crippen LogP contribution >= 0.6 is 0 Å². The van der Waals surface area contributed by atoms with E-state index in [-0.39, 0.29) is 5.88 Å². The van der Waals surface area contributed by atoms with E-state index in [0.29, 0.717) is 29.3 Å². The maximum Gasteiger partial charge on any atom is 0.257 e. The molecule has 0 saturated heterocycles. The van der Waals surface area contributed by atoms with Gasteiger partial charge in [-0.3, -0.25) is 0 Å². The van der Waals surface area contributed by atoms with Crippen LogP contribution in [0.2, 0.25) is 0 Å². The molecule has 0 amide bonds. The van der Waals surface area contributed by atoms with E-state index in [2.05, 4.69) is 65.7 Å². The van der Waals surface area contributed by atoms with Crippen LogP contribution < -0.4 is 0 Å². The van der Waals surface area contributed by atoms with Gasteiger partial charge in [-0.15, -0.1) is 10.2 Å². The lowest BCUT2D eigenvalue weighted by Crippen LogP contribution is -2.13. The zero-order valence-electron chi connectivity index (χ0n) is 18.6. The van der Waals surface area contributed by atoms with Crippen LogP contribution in [0.1, 0.15) is 49.4 Å². The summed E-state index contributed by atoms with van der Waals surface area (Å²) in [6, 6.07) is 16.5. The fraction of sp³-hybridized carbons (Fsp3) is 0.280. The summed E-state index contributed by atoms with van der Waals surface area (Å²) in [4.78, 5) is 4.88. The largest absolute Gasteiger partial charge is 0.491 e. The number of aromatic amines is 1. The molecule has 9 nitrogen and oxygen atoms in total. The van der Waals surface area contributed by atoms with Crippen molar-refractivity contribution in [2.24, 2.45) is 0 Å². The minimum atomic E-state index is -0.0710. The second-order valence-electron chi connectivity index (χ2n) is 8.79. The highest BCUT2D eigenvalue weighted by Crippen LogP contribution is 2.36. The SMILES string of the molecule is Oc1nncc2nc(C3CCCCC3)n(Cc3ccc(-c4ccccc4-c4nnn[nH]4)cc3)c12. The van der Waals surface area contributed by atoms with Crippen LogP contribution in [0, 0.1) is 0 Å². The van der Waals surface area contributed by atoms with Gasteiger partial charge in [0.1, 0.15) is 16.9 Å². The van der Waals surface area contributed by atoms with Crippen molar-refractivity contribution in [2.75, 3.05) is 0 Å². The molecule has 1 aliphatic rings. The Bertz CT molecular complexity index is 1420. The summed E-state index contributed by atoms with van der Waals surface area (Å²) in [5.74, 6) is 1.98. The van der Waals surface area contributed by atoms with Crippen molar-refractivity contribution in [3.8, 4) is 28.4 Å². The number of hydrogen-bond acceptors (Lipinski definition) is 7. The number of rotatable bonds is 5. The van der Waals surface area contributed by atoms with Crippen molar-refractivity contribution >= 4 is 11.0 Å². The first kappa shape index (κ1) is 20.5. The number of tetrazole rings is 1. The number of aromatic hydroxyl groups is 1. The molecule has 0 unspecified atom stereocenters. The molecule has 3 heterocycles. The highest BCUT2D eigenvalue weighted by atomic mass is 16.3. The predicted molar refractivity (Wildman–Crippen MR) is 127 cm³/mol. The molecular formula is C25H24N8O. The van der Waals surface area contributed by atoms with E-state index < -0.39 is 0 Å². The zero-order chi connectivity index (χ0) is 22.9. The average Bonchev–Trinajstić information content (AvgIpc) is 3.55. The van der Waals surface area contributed by atoms with Crippen LogP contribution in [0.3, 0.4) is 0 Å². The van der Waals surface area contributed by atoms with Crippen molar-refractivity contribution in [3.63, 3.8) is 0 Å². The van der Waals surface area contributed by atoms with Crippen molar-refractivity contribution in [3.05, 3.63) is 66.1 Å². The summed E-state index contributed by atoms with van der Waals surface area (Å²) in [6.07, 6.45) is 7.58. The van der Waals surface area contributed by atoms with E-state index in [1.165, 1.54) is 19.3 Å². The van der Waals surface area contributed by atoms with Gasteiger partial charge in [-0.25, -0.2) is 10.1 Å². The van der Waals surface area contributed by atoms with E-state index in [1.54, 1.807) is 6.20 Å². The molecule has 0 spiro atoms. The molecule has 2 aromatic carbocycles. The molecule has 2 N–H and O–H groups in total.